The fourth-order valence-corrected chi connectivity index (χ4v) is 4.42. The molecule has 1 aliphatic carbocycles. The molecule has 1 aliphatic heterocycles. The first-order valence-corrected chi connectivity index (χ1v) is 10.1. The van der Waals surface area contributed by atoms with Crippen molar-refractivity contribution >= 4 is 23.2 Å². The zero-order valence-corrected chi connectivity index (χ0v) is 16.8. The van der Waals surface area contributed by atoms with Gasteiger partial charge in [-0.1, -0.05) is 62.4 Å². The first-order chi connectivity index (χ1) is 14.5. The summed E-state index contributed by atoms with van der Waals surface area (Å²) in [5, 5.41) is 3.21. The predicted octanol–water partition coefficient (Wildman–Crippen LogP) is 4.03. The average molecular weight is 398 g/mol. The Balaban J connectivity index is 1.74. The number of nitrogens with zero attached hydrogens (tertiary/aromatic N) is 1. The standard InChI is InChI=1S/C24H22N4O2/c1-3-12(2)13-8-10-14(11-9-13)17-18-20(15-6-4-5-7-16(15)21(18)29)26-22-19(17)23(30)28-24(25)27-22/h4-12,17H,3H2,1-2H3,(H4,25,26,27,28,30)/t12-,17+/m1/s1. The summed E-state index contributed by atoms with van der Waals surface area (Å²) in [6.45, 7) is 4.34. The number of nitrogens with one attached hydrogen (secondary N) is 2. The van der Waals surface area contributed by atoms with E-state index in [-0.39, 0.29) is 17.3 Å². The number of allylic oxidation sites excluding steroid dienone is 1. The highest BCUT2D eigenvalue weighted by Crippen LogP contribution is 2.47. The number of hydrogen-bond acceptors (Lipinski definition) is 5. The van der Waals surface area contributed by atoms with Crippen LogP contribution >= 0.6 is 0 Å². The number of nitrogens with two attached hydrogens (primary N) is 1. The molecule has 2 atom stereocenters. The number of fused-ring (bicyclic) bond motifs is 3. The molecule has 0 bridgehead atoms. The molecule has 2 heterocycles. The van der Waals surface area contributed by atoms with Gasteiger partial charge in [0.25, 0.3) is 5.56 Å². The highest BCUT2D eigenvalue weighted by molar-refractivity contribution is 6.23. The van der Waals surface area contributed by atoms with E-state index in [1.807, 2.05) is 36.4 Å². The minimum absolute atomic E-state index is 0.0405. The van der Waals surface area contributed by atoms with E-state index < -0.39 is 5.92 Å². The van der Waals surface area contributed by atoms with Crippen molar-refractivity contribution in [1.29, 1.82) is 0 Å². The van der Waals surface area contributed by atoms with Crippen LogP contribution in [0.25, 0.3) is 5.70 Å². The molecule has 6 nitrogen and oxygen atoms in total. The molecule has 0 radical (unpaired) electrons. The largest absolute Gasteiger partial charge is 0.369 e. The maximum absolute atomic E-state index is 13.4. The smallest absolute Gasteiger partial charge is 0.258 e. The Morgan fingerprint density at radius 2 is 1.77 bits per heavy atom. The van der Waals surface area contributed by atoms with Crippen LogP contribution in [0.15, 0.2) is 58.9 Å². The van der Waals surface area contributed by atoms with Crippen molar-refractivity contribution in [2.24, 2.45) is 0 Å². The number of nitrogen functional groups attached to an aromatic ring is 1. The van der Waals surface area contributed by atoms with Crippen molar-refractivity contribution in [3.8, 4) is 0 Å². The fourth-order valence-electron chi connectivity index (χ4n) is 4.42. The van der Waals surface area contributed by atoms with Crippen molar-refractivity contribution in [2.45, 2.75) is 32.1 Å². The number of aromatic amines is 1. The Morgan fingerprint density at radius 3 is 2.47 bits per heavy atom. The molecule has 1 aromatic heterocycles. The number of hydrogen-bond donors (Lipinski definition) is 3. The Labute approximate surface area is 173 Å². The van der Waals surface area contributed by atoms with Crippen LogP contribution in [0.1, 0.15) is 64.7 Å². The molecule has 0 unspecified atom stereocenters. The van der Waals surface area contributed by atoms with E-state index in [9.17, 15) is 9.59 Å². The third kappa shape index (κ3) is 2.60. The van der Waals surface area contributed by atoms with Gasteiger partial charge in [0.1, 0.15) is 5.82 Å². The summed E-state index contributed by atoms with van der Waals surface area (Å²) >= 11 is 0. The fraction of sp³-hybridized carbons (Fsp3) is 0.208. The molecule has 5 rings (SSSR count). The lowest BCUT2D eigenvalue weighted by molar-refractivity contribution is 0.103. The van der Waals surface area contributed by atoms with Crippen LogP contribution in [0.3, 0.4) is 0 Å². The van der Waals surface area contributed by atoms with E-state index in [0.717, 1.165) is 17.5 Å². The zero-order valence-electron chi connectivity index (χ0n) is 16.8. The lowest BCUT2D eigenvalue weighted by Gasteiger charge is -2.27. The van der Waals surface area contributed by atoms with Crippen LogP contribution in [-0.2, 0) is 0 Å². The van der Waals surface area contributed by atoms with E-state index in [1.54, 1.807) is 0 Å². The monoisotopic (exact) mass is 398 g/mol. The normalized spacial score (nSPS) is 17.8. The van der Waals surface area contributed by atoms with Crippen molar-refractivity contribution in [3.63, 3.8) is 0 Å². The lowest BCUT2D eigenvalue weighted by Crippen LogP contribution is -2.28. The van der Waals surface area contributed by atoms with E-state index in [1.165, 1.54) is 5.56 Å². The van der Waals surface area contributed by atoms with Crippen molar-refractivity contribution < 1.29 is 4.79 Å². The maximum atomic E-state index is 13.4. The second kappa shape index (κ2) is 6.69. The van der Waals surface area contributed by atoms with Crippen LogP contribution < -0.4 is 16.6 Å². The van der Waals surface area contributed by atoms with Gasteiger partial charge in [-0.15, -0.1) is 0 Å². The molecule has 150 valence electrons. The molecule has 3 aromatic rings. The molecular formula is C24H22N4O2. The maximum Gasteiger partial charge on any atom is 0.258 e. The number of benzene rings is 2. The minimum atomic E-state index is -0.515. The topological polar surface area (TPSA) is 101 Å². The summed E-state index contributed by atoms with van der Waals surface area (Å²) in [5.41, 5.74) is 10.7. The van der Waals surface area contributed by atoms with Gasteiger partial charge in [-0.3, -0.25) is 14.6 Å². The Kier molecular flexibility index (Phi) is 4.10. The molecule has 0 spiro atoms. The van der Waals surface area contributed by atoms with Crippen molar-refractivity contribution in [1.82, 2.24) is 9.97 Å². The Morgan fingerprint density at radius 1 is 1.07 bits per heavy atom. The zero-order chi connectivity index (χ0) is 21.0. The average Bonchev–Trinajstić information content (AvgIpc) is 3.04. The number of rotatable bonds is 3. The third-order valence-corrected chi connectivity index (χ3v) is 6.20. The molecule has 0 fully saturated rings. The van der Waals surface area contributed by atoms with Crippen LogP contribution in [0, 0.1) is 0 Å². The lowest BCUT2D eigenvalue weighted by atomic mass is 9.81. The van der Waals surface area contributed by atoms with Crippen LogP contribution in [-0.4, -0.2) is 15.8 Å². The number of carbonyl (C=O) groups is 1. The van der Waals surface area contributed by atoms with Crippen LogP contribution in [0.2, 0.25) is 0 Å². The summed E-state index contributed by atoms with van der Waals surface area (Å²) in [5.74, 6) is 0.301. The second-order valence-electron chi connectivity index (χ2n) is 7.91. The minimum Gasteiger partial charge on any atom is -0.369 e. The highest BCUT2D eigenvalue weighted by Gasteiger charge is 2.41. The van der Waals surface area contributed by atoms with Crippen molar-refractivity contribution in [2.75, 3.05) is 11.1 Å². The van der Waals surface area contributed by atoms with E-state index in [0.29, 0.717) is 34.1 Å². The SMILES string of the molecule is CC[C@@H](C)c1ccc([C@H]2C3=C(Nc4nc(N)[nH]c(=O)c42)c2ccccc2C3=O)cc1. The third-order valence-electron chi connectivity index (χ3n) is 6.20. The molecule has 30 heavy (non-hydrogen) atoms. The van der Waals surface area contributed by atoms with Gasteiger partial charge in [0.15, 0.2) is 5.78 Å². The summed E-state index contributed by atoms with van der Waals surface area (Å²) in [6.07, 6.45) is 1.04. The van der Waals surface area contributed by atoms with Gasteiger partial charge in [-0.2, -0.15) is 4.98 Å². The Hall–Kier alpha value is -3.67. The Bertz CT molecular complexity index is 1270. The number of H-pyrrole nitrogens is 1. The van der Waals surface area contributed by atoms with Gasteiger partial charge in [0.05, 0.1) is 11.3 Å². The molecule has 0 amide bonds. The van der Waals surface area contributed by atoms with E-state index in [2.05, 4.69) is 41.3 Å². The van der Waals surface area contributed by atoms with Gasteiger partial charge in [0.2, 0.25) is 5.95 Å². The van der Waals surface area contributed by atoms with Crippen LogP contribution in [0.4, 0.5) is 11.8 Å². The first-order valence-electron chi connectivity index (χ1n) is 10.1. The summed E-state index contributed by atoms with van der Waals surface area (Å²) in [4.78, 5) is 33.2. The van der Waals surface area contributed by atoms with Gasteiger partial charge >= 0.3 is 0 Å². The number of ketones is 1. The number of Topliss-reactive ketones (excluding diaryl/α,β-unsaturated/α-hetero) is 1. The number of carbonyl (C=O) groups excluding carboxylic acids is 1. The first kappa shape index (κ1) is 18.4. The molecule has 4 N–H and O–H groups in total. The molecule has 2 aromatic carbocycles. The summed E-state index contributed by atoms with van der Waals surface area (Å²) < 4.78 is 0. The van der Waals surface area contributed by atoms with Gasteiger partial charge in [-0.25, -0.2) is 0 Å². The van der Waals surface area contributed by atoms with Gasteiger partial charge in [-0.05, 0) is 23.5 Å². The number of aromatic nitrogens is 2. The van der Waals surface area contributed by atoms with Gasteiger partial charge < -0.3 is 11.1 Å². The summed E-state index contributed by atoms with van der Waals surface area (Å²) in [6, 6.07) is 15.7. The molecule has 0 saturated carbocycles. The molecule has 2 aliphatic rings. The second-order valence-corrected chi connectivity index (χ2v) is 7.91. The van der Waals surface area contributed by atoms with E-state index in [4.69, 9.17) is 5.73 Å². The van der Waals surface area contributed by atoms with Gasteiger partial charge in [0, 0.05) is 22.6 Å². The number of anilines is 2. The van der Waals surface area contributed by atoms with E-state index >= 15 is 0 Å². The van der Waals surface area contributed by atoms with Crippen molar-refractivity contribution in [3.05, 3.63) is 92.3 Å². The van der Waals surface area contributed by atoms with Crippen LogP contribution in [0.5, 0.6) is 0 Å². The molecule has 0 saturated heterocycles. The summed E-state index contributed by atoms with van der Waals surface area (Å²) in [7, 11) is 0. The molecular weight excluding hydrogens is 376 g/mol. The predicted molar refractivity (Wildman–Crippen MR) is 118 cm³/mol. The molecule has 6 heteroatoms. The highest BCUT2D eigenvalue weighted by atomic mass is 16.1. The quantitative estimate of drug-likeness (QED) is 0.618.